The molecule has 0 amide bonds. The van der Waals surface area contributed by atoms with E-state index in [1.165, 1.54) is 18.4 Å². The van der Waals surface area contributed by atoms with Crippen molar-refractivity contribution in [2.24, 2.45) is 4.99 Å². The molecule has 2 N–H and O–H groups in total. The van der Waals surface area contributed by atoms with E-state index in [4.69, 9.17) is 0 Å². The van der Waals surface area contributed by atoms with Crippen LogP contribution in [0.1, 0.15) is 30.3 Å². The van der Waals surface area contributed by atoms with Crippen molar-refractivity contribution in [1.82, 2.24) is 24.7 Å². The van der Waals surface area contributed by atoms with E-state index in [2.05, 4.69) is 33.7 Å². The largest absolute Gasteiger partial charge is 0.357 e. The van der Waals surface area contributed by atoms with Gasteiger partial charge >= 0.3 is 0 Å². The van der Waals surface area contributed by atoms with Gasteiger partial charge in [-0.25, -0.2) is 17.7 Å². The third-order valence-electron chi connectivity index (χ3n) is 4.43. The Labute approximate surface area is 174 Å². The lowest BCUT2D eigenvalue weighted by atomic mass is 10.2. The van der Waals surface area contributed by atoms with Crippen LogP contribution in [0.3, 0.4) is 0 Å². The zero-order valence-electron chi connectivity index (χ0n) is 17.9. The smallest absolute Gasteiger partial charge is 0.242 e. The van der Waals surface area contributed by atoms with Gasteiger partial charge in [-0.05, 0) is 44.9 Å². The number of aromatic nitrogens is 2. The van der Waals surface area contributed by atoms with Crippen molar-refractivity contribution in [3.05, 3.63) is 47.3 Å². The first-order chi connectivity index (χ1) is 13.8. The molecule has 1 heterocycles. The fraction of sp³-hybridized carbons (Fsp3) is 0.500. The second-order valence-electron chi connectivity index (χ2n) is 7.02. The van der Waals surface area contributed by atoms with Gasteiger partial charge in [0, 0.05) is 39.4 Å². The van der Waals surface area contributed by atoms with Crippen LogP contribution in [-0.4, -0.2) is 55.6 Å². The average Bonchev–Trinajstić information content (AvgIpc) is 3.00. The summed E-state index contributed by atoms with van der Waals surface area (Å²) in [5.74, 6) is 0.665. The summed E-state index contributed by atoms with van der Waals surface area (Å²) in [6.45, 7) is 8.61. The Kier molecular flexibility index (Phi) is 8.21. The van der Waals surface area contributed by atoms with Crippen molar-refractivity contribution < 1.29 is 8.42 Å². The van der Waals surface area contributed by atoms with E-state index >= 15 is 0 Å². The molecule has 1 aromatic heterocycles. The molecule has 29 heavy (non-hydrogen) atoms. The Hall–Kier alpha value is -2.39. The molecule has 0 radical (unpaired) electrons. The molecular weight excluding hydrogens is 388 g/mol. The molecule has 2 aromatic rings. The number of benzene rings is 1. The van der Waals surface area contributed by atoms with Crippen LogP contribution in [0.15, 0.2) is 40.2 Å². The number of aliphatic imine (C=N–C) groups is 1. The standard InChI is InChI=1S/C20H32N6O2S/c1-6-21-20(22-12-9-13-26-17(3)14-16(2)24-26)23-15-18-10-7-8-11-19(18)29(27,28)25(4)5/h7-8,10-11,14H,6,9,12-13,15H2,1-5H3,(H2,21,22,23). The Morgan fingerprint density at radius 2 is 1.93 bits per heavy atom. The molecular formula is C20H32N6O2S. The fourth-order valence-corrected chi connectivity index (χ4v) is 4.03. The lowest BCUT2D eigenvalue weighted by Gasteiger charge is -2.15. The molecule has 8 nitrogen and oxygen atoms in total. The van der Waals surface area contributed by atoms with E-state index in [1.807, 2.05) is 24.6 Å². The zero-order chi connectivity index (χ0) is 21.4. The lowest BCUT2D eigenvalue weighted by Crippen LogP contribution is -2.38. The summed E-state index contributed by atoms with van der Waals surface area (Å²) in [7, 11) is -0.445. The maximum absolute atomic E-state index is 12.5. The van der Waals surface area contributed by atoms with E-state index in [1.54, 1.807) is 18.2 Å². The number of rotatable bonds is 9. The number of hydrogen-bond donors (Lipinski definition) is 2. The molecule has 0 aliphatic heterocycles. The maximum atomic E-state index is 12.5. The van der Waals surface area contributed by atoms with Crippen LogP contribution in [0.4, 0.5) is 0 Å². The van der Waals surface area contributed by atoms with Crippen LogP contribution < -0.4 is 10.6 Å². The molecule has 0 fully saturated rings. The zero-order valence-corrected chi connectivity index (χ0v) is 18.8. The summed E-state index contributed by atoms with van der Waals surface area (Å²) in [5, 5.41) is 11.0. The molecule has 1 aromatic carbocycles. The molecule has 0 saturated carbocycles. The summed E-state index contributed by atoms with van der Waals surface area (Å²) < 4.78 is 28.3. The quantitative estimate of drug-likeness (QED) is 0.367. The molecule has 0 saturated heterocycles. The first-order valence-electron chi connectivity index (χ1n) is 9.79. The van der Waals surface area contributed by atoms with Crippen LogP contribution in [0.2, 0.25) is 0 Å². The highest BCUT2D eigenvalue weighted by molar-refractivity contribution is 7.89. The van der Waals surface area contributed by atoms with Crippen molar-refractivity contribution in [1.29, 1.82) is 0 Å². The Bertz CT molecular complexity index is 934. The van der Waals surface area contributed by atoms with Crippen molar-refractivity contribution in [2.45, 2.75) is 45.2 Å². The Morgan fingerprint density at radius 1 is 1.21 bits per heavy atom. The van der Waals surface area contributed by atoms with Gasteiger partial charge in [0.15, 0.2) is 5.96 Å². The van der Waals surface area contributed by atoms with E-state index < -0.39 is 10.0 Å². The van der Waals surface area contributed by atoms with E-state index in [0.29, 0.717) is 11.5 Å². The van der Waals surface area contributed by atoms with Crippen molar-refractivity contribution in [3.8, 4) is 0 Å². The maximum Gasteiger partial charge on any atom is 0.242 e. The summed E-state index contributed by atoms with van der Waals surface area (Å²) >= 11 is 0. The van der Waals surface area contributed by atoms with Gasteiger partial charge in [0.25, 0.3) is 0 Å². The highest BCUT2D eigenvalue weighted by Gasteiger charge is 2.20. The Morgan fingerprint density at radius 3 is 2.55 bits per heavy atom. The van der Waals surface area contributed by atoms with Crippen molar-refractivity contribution >= 4 is 16.0 Å². The number of aryl methyl sites for hydroxylation is 3. The van der Waals surface area contributed by atoms with Gasteiger partial charge < -0.3 is 10.6 Å². The second-order valence-corrected chi connectivity index (χ2v) is 9.14. The van der Waals surface area contributed by atoms with Gasteiger partial charge in [-0.2, -0.15) is 5.10 Å². The number of nitrogens with zero attached hydrogens (tertiary/aromatic N) is 4. The topological polar surface area (TPSA) is 91.6 Å². The minimum atomic E-state index is -3.51. The monoisotopic (exact) mass is 420 g/mol. The average molecular weight is 421 g/mol. The molecule has 2 rings (SSSR count). The SMILES string of the molecule is CCNC(=NCc1ccccc1S(=O)(=O)N(C)C)NCCCn1nc(C)cc1C. The number of sulfonamides is 1. The van der Waals surface area contributed by atoms with Gasteiger partial charge in [-0.15, -0.1) is 0 Å². The Balaban J connectivity index is 2.01. The van der Waals surface area contributed by atoms with Gasteiger partial charge in [-0.1, -0.05) is 18.2 Å². The van der Waals surface area contributed by atoms with Crippen LogP contribution in [0.5, 0.6) is 0 Å². The third kappa shape index (κ3) is 6.30. The van der Waals surface area contributed by atoms with Crippen LogP contribution >= 0.6 is 0 Å². The molecule has 0 bridgehead atoms. The van der Waals surface area contributed by atoms with Crippen LogP contribution in [0.25, 0.3) is 0 Å². The summed E-state index contributed by atoms with van der Waals surface area (Å²) in [6, 6.07) is 9.04. The van der Waals surface area contributed by atoms with E-state index in [9.17, 15) is 8.42 Å². The second kappa shape index (κ2) is 10.4. The van der Waals surface area contributed by atoms with Crippen molar-refractivity contribution in [3.63, 3.8) is 0 Å². The third-order valence-corrected chi connectivity index (χ3v) is 6.34. The predicted octanol–water partition coefficient (Wildman–Crippen LogP) is 1.90. The van der Waals surface area contributed by atoms with E-state index in [0.717, 1.165) is 37.4 Å². The minimum absolute atomic E-state index is 0.274. The summed E-state index contributed by atoms with van der Waals surface area (Å²) in [6.07, 6.45) is 0.901. The highest BCUT2D eigenvalue weighted by Crippen LogP contribution is 2.19. The van der Waals surface area contributed by atoms with Gasteiger partial charge in [0.1, 0.15) is 0 Å². The van der Waals surface area contributed by atoms with Crippen molar-refractivity contribution in [2.75, 3.05) is 27.2 Å². The van der Waals surface area contributed by atoms with Gasteiger partial charge in [-0.3, -0.25) is 4.68 Å². The minimum Gasteiger partial charge on any atom is -0.357 e. The number of nitrogens with one attached hydrogen (secondary N) is 2. The first-order valence-corrected chi connectivity index (χ1v) is 11.2. The number of hydrogen-bond acceptors (Lipinski definition) is 4. The van der Waals surface area contributed by atoms with Crippen LogP contribution in [-0.2, 0) is 23.1 Å². The molecule has 0 atom stereocenters. The molecule has 0 unspecified atom stereocenters. The predicted molar refractivity (Wildman–Crippen MR) is 116 cm³/mol. The number of guanidine groups is 1. The first kappa shape index (κ1) is 22.9. The van der Waals surface area contributed by atoms with Crippen LogP contribution in [0, 0.1) is 13.8 Å². The fourth-order valence-electron chi connectivity index (χ4n) is 2.93. The normalized spacial score (nSPS) is 12.4. The van der Waals surface area contributed by atoms with E-state index in [-0.39, 0.29) is 11.4 Å². The van der Waals surface area contributed by atoms with Gasteiger partial charge in [0.05, 0.1) is 17.1 Å². The molecule has 0 spiro atoms. The summed E-state index contributed by atoms with van der Waals surface area (Å²) in [4.78, 5) is 4.86. The molecule has 9 heteroatoms. The highest BCUT2D eigenvalue weighted by atomic mass is 32.2. The molecule has 0 aliphatic carbocycles. The van der Waals surface area contributed by atoms with Gasteiger partial charge in [0.2, 0.25) is 10.0 Å². The molecule has 160 valence electrons. The summed E-state index contributed by atoms with van der Waals surface area (Å²) in [5.41, 5.74) is 2.85. The molecule has 0 aliphatic rings. The lowest BCUT2D eigenvalue weighted by molar-refractivity contribution is 0.519.